The summed E-state index contributed by atoms with van der Waals surface area (Å²) in [5, 5.41) is 8.48. The molecule has 0 aromatic carbocycles. The maximum absolute atomic E-state index is 12.5. The van der Waals surface area contributed by atoms with Crippen LogP contribution in [0.4, 0.5) is 8.78 Å². The van der Waals surface area contributed by atoms with Crippen molar-refractivity contribution in [1.82, 2.24) is 4.98 Å². The summed E-state index contributed by atoms with van der Waals surface area (Å²) in [7, 11) is 0. The lowest BCUT2D eigenvalue weighted by molar-refractivity contribution is -0.136. The molecule has 0 bridgehead atoms. The highest BCUT2D eigenvalue weighted by Crippen LogP contribution is 2.18. The predicted molar refractivity (Wildman–Crippen MR) is 51.3 cm³/mol. The number of hydrogen-bond acceptors (Lipinski definition) is 3. The SMILES string of the molecule is NCc1c(C(F)F)[nH]c(CC(=O)O)cc1=O. The number of rotatable bonds is 4. The van der Waals surface area contributed by atoms with Crippen LogP contribution < -0.4 is 11.2 Å². The molecule has 1 aromatic heterocycles. The molecule has 1 rings (SSSR count). The number of nitrogens with two attached hydrogens (primary N) is 1. The fraction of sp³-hybridized carbons (Fsp3) is 0.333. The van der Waals surface area contributed by atoms with Gasteiger partial charge in [-0.25, -0.2) is 8.78 Å². The molecule has 0 aliphatic heterocycles. The van der Waals surface area contributed by atoms with Crippen molar-refractivity contribution in [3.8, 4) is 0 Å². The van der Waals surface area contributed by atoms with Crippen molar-refractivity contribution in [2.24, 2.45) is 5.73 Å². The molecular weight excluding hydrogens is 222 g/mol. The number of aromatic amines is 1. The molecule has 1 aromatic rings. The van der Waals surface area contributed by atoms with Crippen LogP contribution in [0.3, 0.4) is 0 Å². The van der Waals surface area contributed by atoms with Gasteiger partial charge in [-0.1, -0.05) is 0 Å². The van der Waals surface area contributed by atoms with Crippen molar-refractivity contribution in [3.63, 3.8) is 0 Å². The summed E-state index contributed by atoms with van der Waals surface area (Å²) in [6, 6.07) is 0.974. The molecule has 0 unspecified atom stereocenters. The van der Waals surface area contributed by atoms with E-state index >= 15 is 0 Å². The lowest BCUT2D eigenvalue weighted by Crippen LogP contribution is -2.20. The van der Waals surface area contributed by atoms with Crippen LogP contribution in [0.1, 0.15) is 23.4 Å². The zero-order chi connectivity index (χ0) is 12.3. The van der Waals surface area contributed by atoms with Gasteiger partial charge in [0.2, 0.25) is 0 Å². The molecule has 0 radical (unpaired) electrons. The van der Waals surface area contributed by atoms with E-state index in [1.807, 2.05) is 0 Å². The number of aromatic nitrogens is 1. The first kappa shape index (κ1) is 12.3. The Labute approximate surface area is 88.9 Å². The number of carboxylic acids is 1. The number of carbonyl (C=O) groups is 1. The highest BCUT2D eigenvalue weighted by atomic mass is 19.3. The maximum atomic E-state index is 12.5. The van der Waals surface area contributed by atoms with Crippen LogP contribution in [0.15, 0.2) is 10.9 Å². The van der Waals surface area contributed by atoms with E-state index in [-0.39, 0.29) is 17.8 Å². The van der Waals surface area contributed by atoms with Crippen molar-refractivity contribution < 1.29 is 18.7 Å². The Hall–Kier alpha value is -1.76. The molecule has 0 saturated heterocycles. The van der Waals surface area contributed by atoms with E-state index in [0.29, 0.717) is 0 Å². The molecule has 5 nitrogen and oxygen atoms in total. The Kier molecular flexibility index (Phi) is 3.73. The maximum Gasteiger partial charge on any atom is 0.309 e. The molecule has 0 aliphatic rings. The summed E-state index contributed by atoms with van der Waals surface area (Å²) in [6.07, 6.45) is -3.40. The van der Waals surface area contributed by atoms with Gasteiger partial charge in [-0.3, -0.25) is 9.59 Å². The van der Waals surface area contributed by atoms with Gasteiger partial charge in [0.1, 0.15) is 0 Å². The minimum Gasteiger partial charge on any atom is -0.481 e. The van der Waals surface area contributed by atoms with E-state index in [9.17, 15) is 18.4 Å². The molecule has 7 heteroatoms. The average molecular weight is 232 g/mol. The van der Waals surface area contributed by atoms with Crippen LogP contribution in [0.5, 0.6) is 0 Å². The molecule has 0 atom stereocenters. The third kappa shape index (κ3) is 2.63. The Balaban J connectivity index is 3.28. The zero-order valence-corrected chi connectivity index (χ0v) is 8.17. The third-order valence-corrected chi connectivity index (χ3v) is 1.99. The second kappa shape index (κ2) is 4.84. The molecule has 1 heterocycles. The van der Waals surface area contributed by atoms with Crippen LogP contribution in [-0.2, 0) is 17.8 Å². The molecule has 0 spiro atoms. The van der Waals surface area contributed by atoms with Gasteiger partial charge in [0.05, 0.1) is 12.1 Å². The number of hydrogen-bond donors (Lipinski definition) is 3. The Morgan fingerprint density at radius 1 is 1.56 bits per heavy atom. The number of pyridine rings is 1. The third-order valence-electron chi connectivity index (χ3n) is 1.99. The lowest BCUT2D eigenvalue weighted by atomic mass is 10.1. The summed E-state index contributed by atoms with van der Waals surface area (Å²) in [4.78, 5) is 24.0. The van der Waals surface area contributed by atoms with Gasteiger partial charge in [0, 0.05) is 23.9 Å². The minimum absolute atomic E-state index is 0.0648. The molecular formula is C9H10F2N2O3. The Morgan fingerprint density at radius 3 is 2.62 bits per heavy atom. The molecule has 88 valence electrons. The number of carboxylic acid groups (broad SMARTS) is 1. The molecule has 0 fully saturated rings. The van der Waals surface area contributed by atoms with Crippen LogP contribution >= 0.6 is 0 Å². The van der Waals surface area contributed by atoms with Gasteiger partial charge in [-0.15, -0.1) is 0 Å². The van der Waals surface area contributed by atoms with E-state index in [1.165, 1.54) is 0 Å². The van der Waals surface area contributed by atoms with E-state index in [1.54, 1.807) is 0 Å². The van der Waals surface area contributed by atoms with E-state index in [2.05, 4.69) is 4.98 Å². The normalized spacial score (nSPS) is 10.8. The lowest BCUT2D eigenvalue weighted by Gasteiger charge is -2.08. The first-order valence-electron chi connectivity index (χ1n) is 4.40. The average Bonchev–Trinajstić information content (AvgIpc) is 2.15. The van der Waals surface area contributed by atoms with Crippen LogP contribution in [-0.4, -0.2) is 16.1 Å². The van der Waals surface area contributed by atoms with Crippen molar-refractivity contribution in [3.05, 3.63) is 33.2 Å². The minimum atomic E-state index is -2.89. The van der Waals surface area contributed by atoms with Gasteiger partial charge in [0.25, 0.3) is 6.43 Å². The smallest absolute Gasteiger partial charge is 0.309 e. The first-order chi connectivity index (χ1) is 7.45. The number of halogens is 2. The number of H-pyrrole nitrogens is 1. The summed E-state index contributed by atoms with van der Waals surface area (Å²) in [5.74, 6) is -1.21. The predicted octanol–water partition coefficient (Wildman–Crippen LogP) is 0.398. The van der Waals surface area contributed by atoms with E-state index in [0.717, 1.165) is 6.07 Å². The fourth-order valence-electron chi connectivity index (χ4n) is 1.32. The molecule has 16 heavy (non-hydrogen) atoms. The topological polar surface area (TPSA) is 96.2 Å². The Bertz CT molecular complexity index is 457. The van der Waals surface area contributed by atoms with Gasteiger partial charge >= 0.3 is 5.97 Å². The number of alkyl halides is 2. The van der Waals surface area contributed by atoms with E-state index in [4.69, 9.17) is 10.8 Å². The largest absolute Gasteiger partial charge is 0.481 e. The quantitative estimate of drug-likeness (QED) is 0.700. The second-order valence-corrected chi connectivity index (χ2v) is 3.13. The first-order valence-corrected chi connectivity index (χ1v) is 4.40. The monoisotopic (exact) mass is 232 g/mol. The van der Waals surface area contributed by atoms with Crippen molar-refractivity contribution >= 4 is 5.97 Å². The van der Waals surface area contributed by atoms with Crippen molar-refractivity contribution in [2.75, 3.05) is 0 Å². The van der Waals surface area contributed by atoms with Gasteiger partial charge in [-0.2, -0.15) is 0 Å². The number of aliphatic carboxylic acids is 1. The van der Waals surface area contributed by atoms with Gasteiger partial charge < -0.3 is 15.8 Å². The molecule has 0 amide bonds. The van der Waals surface area contributed by atoms with Crippen molar-refractivity contribution in [2.45, 2.75) is 19.4 Å². The second-order valence-electron chi connectivity index (χ2n) is 3.13. The highest BCUT2D eigenvalue weighted by molar-refractivity contribution is 5.69. The van der Waals surface area contributed by atoms with Crippen molar-refractivity contribution in [1.29, 1.82) is 0 Å². The molecule has 4 N–H and O–H groups in total. The molecule has 0 saturated carbocycles. The summed E-state index contributed by atoms with van der Waals surface area (Å²) >= 11 is 0. The van der Waals surface area contributed by atoms with E-state index < -0.39 is 29.9 Å². The Morgan fingerprint density at radius 2 is 2.19 bits per heavy atom. The standard InChI is InChI=1S/C9H10F2N2O3/c10-9(11)8-5(3-12)6(14)1-4(13-8)2-7(15)16/h1,9H,2-3,12H2,(H,13,14)(H,15,16). The summed E-state index contributed by atoms with van der Waals surface area (Å²) in [5.41, 5.74) is 3.61. The fourth-order valence-corrected chi connectivity index (χ4v) is 1.32. The zero-order valence-electron chi connectivity index (χ0n) is 8.17. The summed E-state index contributed by atoms with van der Waals surface area (Å²) in [6.45, 7) is -0.317. The highest BCUT2D eigenvalue weighted by Gasteiger charge is 2.17. The van der Waals surface area contributed by atoms with Crippen LogP contribution in [0.2, 0.25) is 0 Å². The summed E-state index contributed by atoms with van der Waals surface area (Å²) < 4.78 is 25.1. The van der Waals surface area contributed by atoms with Gasteiger partial charge in [-0.05, 0) is 0 Å². The van der Waals surface area contributed by atoms with Gasteiger partial charge in [0.15, 0.2) is 5.43 Å². The molecule has 0 aliphatic carbocycles. The number of nitrogens with one attached hydrogen (secondary N) is 1. The van der Waals surface area contributed by atoms with Crippen LogP contribution in [0.25, 0.3) is 0 Å². The van der Waals surface area contributed by atoms with Crippen LogP contribution in [0, 0.1) is 0 Å².